The molecule has 0 spiro atoms. The van der Waals surface area contributed by atoms with Gasteiger partial charge in [-0.2, -0.15) is 4.31 Å². The lowest BCUT2D eigenvalue weighted by Crippen LogP contribution is -2.39. The molecule has 0 unspecified atom stereocenters. The minimum absolute atomic E-state index is 0.168. The highest BCUT2D eigenvalue weighted by molar-refractivity contribution is 7.89. The first-order valence-electron chi connectivity index (χ1n) is 9.39. The summed E-state index contributed by atoms with van der Waals surface area (Å²) < 4.78 is 33.6. The van der Waals surface area contributed by atoms with Crippen molar-refractivity contribution in [3.63, 3.8) is 0 Å². The number of hydrogen-bond acceptors (Lipinski definition) is 3. The summed E-state index contributed by atoms with van der Waals surface area (Å²) in [5.41, 5.74) is 2.11. The first kappa shape index (κ1) is 20.2. The Bertz CT molecular complexity index is 876. The Kier molecular flexibility index (Phi) is 6.45. The normalized spacial score (nSPS) is 16.4. The van der Waals surface area contributed by atoms with Gasteiger partial charge in [0.1, 0.15) is 10.6 Å². The molecule has 3 rings (SSSR count). The summed E-state index contributed by atoms with van der Waals surface area (Å²) in [6, 6.07) is 13.6. The highest BCUT2D eigenvalue weighted by Gasteiger charge is 2.32. The SMILES string of the molecule is CCOc1cc(C)c(Cl)cc1S(=O)(=O)N1CCC(Cc2ccccc2)CC1. The maximum absolute atomic E-state index is 13.2. The molecule has 0 saturated carbocycles. The van der Waals surface area contributed by atoms with E-state index >= 15 is 0 Å². The lowest BCUT2D eigenvalue weighted by Gasteiger charge is -2.31. The highest BCUT2D eigenvalue weighted by atomic mass is 35.5. The van der Waals surface area contributed by atoms with E-state index in [1.807, 2.05) is 32.0 Å². The second-order valence-corrected chi connectivity index (χ2v) is 9.33. The first-order chi connectivity index (χ1) is 12.9. The number of benzene rings is 2. The molecule has 2 aromatic rings. The van der Waals surface area contributed by atoms with E-state index in [0.29, 0.717) is 36.4 Å². The molecule has 2 aromatic carbocycles. The van der Waals surface area contributed by atoms with Gasteiger partial charge < -0.3 is 4.74 Å². The van der Waals surface area contributed by atoms with Crippen molar-refractivity contribution < 1.29 is 13.2 Å². The maximum Gasteiger partial charge on any atom is 0.246 e. The highest BCUT2D eigenvalue weighted by Crippen LogP contribution is 2.34. The van der Waals surface area contributed by atoms with Crippen molar-refractivity contribution in [1.29, 1.82) is 0 Å². The molecule has 4 nitrogen and oxygen atoms in total. The van der Waals surface area contributed by atoms with Crippen LogP contribution in [0.4, 0.5) is 0 Å². The lowest BCUT2D eigenvalue weighted by atomic mass is 9.91. The van der Waals surface area contributed by atoms with Crippen molar-refractivity contribution in [2.75, 3.05) is 19.7 Å². The summed E-state index contributed by atoms with van der Waals surface area (Å²) in [6.07, 6.45) is 2.71. The monoisotopic (exact) mass is 407 g/mol. The molecule has 1 heterocycles. The van der Waals surface area contributed by atoms with Gasteiger partial charge in [-0.3, -0.25) is 0 Å². The number of halogens is 1. The average Bonchev–Trinajstić information content (AvgIpc) is 2.66. The Morgan fingerprint density at radius 2 is 1.81 bits per heavy atom. The minimum atomic E-state index is -3.63. The van der Waals surface area contributed by atoms with E-state index in [9.17, 15) is 8.42 Å². The van der Waals surface area contributed by atoms with Crippen LogP contribution in [0.1, 0.15) is 30.9 Å². The third kappa shape index (κ3) is 4.65. The van der Waals surface area contributed by atoms with Crippen molar-refractivity contribution in [2.24, 2.45) is 5.92 Å². The predicted molar refractivity (Wildman–Crippen MR) is 109 cm³/mol. The summed E-state index contributed by atoms with van der Waals surface area (Å²) >= 11 is 6.21. The van der Waals surface area contributed by atoms with Gasteiger partial charge in [0.05, 0.1) is 6.61 Å². The van der Waals surface area contributed by atoms with Crippen LogP contribution in [0.5, 0.6) is 5.75 Å². The van der Waals surface area contributed by atoms with Crippen LogP contribution in [-0.2, 0) is 16.4 Å². The molecule has 0 amide bonds. The zero-order chi connectivity index (χ0) is 19.4. The maximum atomic E-state index is 13.2. The van der Waals surface area contributed by atoms with E-state index in [1.165, 1.54) is 11.6 Å². The van der Waals surface area contributed by atoms with E-state index in [-0.39, 0.29) is 4.90 Å². The fourth-order valence-corrected chi connectivity index (χ4v) is 5.38. The third-order valence-electron chi connectivity index (χ3n) is 5.08. The molecule has 0 aliphatic carbocycles. The number of nitrogens with zero attached hydrogens (tertiary/aromatic N) is 1. The van der Waals surface area contributed by atoms with Gasteiger partial charge in [-0.1, -0.05) is 41.9 Å². The summed E-state index contributed by atoms with van der Waals surface area (Å²) in [6.45, 7) is 5.14. The Hall–Kier alpha value is -1.56. The number of aryl methyl sites for hydroxylation is 1. The van der Waals surface area contributed by atoms with Gasteiger partial charge in [-0.25, -0.2) is 8.42 Å². The van der Waals surface area contributed by atoms with Crippen molar-refractivity contribution in [3.8, 4) is 5.75 Å². The van der Waals surface area contributed by atoms with E-state index < -0.39 is 10.0 Å². The Morgan fingerprint density at radius 3 is 2.44 bits per heavy atom. The van der Waals surface area contributed by atoms with Crippen molar-refractivity contribution in [1.82, 2.24) is 4.31 Å². The molecule has 1 aliphatic rings. The molecule has 0 atom stereocenters. The molecule has 6 heteroatoms. The van der Waals surface area contributed by atoms with E-state index in [0.717, 1.165) is 24.8 Å². The Balaban J connectivity index is 1.74. The molecule has 0 aromatic heterocycles. The molecule has 146 valence electrons. The number of ether oxygens (including phenoxy) is 1. The quantitative estimate of drug-likeness (QED) is 0.697. The fraction of sp³-hybridized carbons (Fsp3) is 0.429. The second kappa shape index (κ2) is 8.63. The smallest absolute Gasteiger partial charge is 0.246 e. The van der Waals surface area contributed by atoms with Crippen molar-refractivity contribution in [2.45, 2.75) is 38.0 Å². The fourth-order valence-electron chi connectivity index (χ4n) is 3.55. The van der Waals surface area contributed by atoms with Crippen LogP contribution in [0.25, 0.3) is 0 Å². The summed E-state index contributed by atoms with van der Waals surface area (Å²) in [5, 5.41) is 0.441. The van der Waals surface area contributed by atoms with Crippen LogP contribution in [0.15, 0.2) is 47.4 Å². The topological polar surface area (TPSA) is 46.6 Å². The summed E-state index contributed by atoms with van der Waals surface area (Å²) in [5.74, 6) is 0.887. The van der Waals surface area contributed by atoms with Gasteiger partial charge in [0.15, 0.2) is 0 Å². The van der Waals surface area contributed by atoms with Crippen LogP contribution >= 0.6 is 11.6 Å². The van der Waals surface area contributed by atoms with Gasteiger partial charge in [0.25, 0.3) is 0 Å². The molecular formula is C21H26ClNO3S. The molecule has 1 aliphatic heterocycles. The van der Waals surface area contributed by atoms with E-state index in [4.69, 9.17) is 16.3 Å². The van der Waals surface area contributed by atoms with Crippen molar-refractivity contribution >= 4 is 21.6 Å². The Labute approximate surface area is 167 Å². The van der Waals surface area contributed by atoms with Gasteiger partial charge in [0, 0.05) is 18.1 Å². The number of hydrogen-bond donors (Lipinski definition) is 0. The zero-order valence-corrected chi connectivity index (χ0v) is 17.4. The summed E-state index contributed by atoms with van der Waals surface area (Å²) in [7, 11) is -3.63. The van der Waals surface area contributed by atoms with E-state index in [1.54, 1.807) is 10.4 Å². The number of rotatable bonds is 6. The molecule has 1 fully saturated rings. The third-order valence-corrected chi connectivity index (χ3v) is 7.41. The first-order valence-corrected chi connectivity index (χ1v) is 11.2. The molecular weight excluding hydrogens is 382 g/mol. The van der Waals surface area contributed by atoms with Gasteiger partial charge in [-0.05, 0) is 62.3 Å². The molecule has 1 saturated heterocycles. The minimum Gasteiger partial charge on any atom is -0.492 e. The van der Waals surface area contributed by atoms with E-state index in [2.05, 4.69) is 12.1 Å². The number of sulfonamides is 1. The zero-order valence-electron chi connectivity index (χ0n) is 15.8. The van der Waals surface area contributed by atoms with Crippen LogP contribution in [0, 0.1) is 12.8 Å². The molecule has 0 bridgehead atoms. The van der Waals surface area contributed by atoms with Crippen LogP contribution in [-0.4, -0.2) is 32.4 Å². The standard InChI is InChI=1S/C21H26ClNO3S/c1-3-26-20-13-16(2)19(22)15-21(20)27(24,25)23-11-9-18(10-12-23)14-17-7-5-4-6-8-17/h4-8,13,15,18H,3,9-12,14H2,1-2H3. The van der Waals surface area contributed by atoms with Gasteiger partial charge >= 0.3 is 0 Å². The van der Waals surface area contributed by atoms with Crippen LogP contribution < -0.4 is 4.74 Å². The van der Waals surface area contributed by atoms with Crippen LogP contribution in [0.2, 0.25) is 5.02 Å². The van der Waals surface area contributed by atoms with Gasteiger partial charge in [-0.15, -0.1) is 0 Å². The van der Waals surface area contributed by atoms with Crippen molar-refractivity contribution in [3.05, 3.63) is 58.6 Å². The molecule has 0 N–H and O–H groups in total. The second-order valence-electron chi connectivity index (χ2n) is 7.02. The number of piperidine rings is 1. The summed E-state index contributed by atoms with van der Waals surface area (Å²) in [4.78, 5) is 0.168. The molecule has 0 radical (unpaired) electrons. The van der Waals surface area contributed by atoms with Crippen LogP contribution in [0.3, 0.4) is 0 Å². The predicted octanol–water partition coefficient (Wildman–Crippen LogP) is 4.69. The average molecular weight is 408 g/mol. The largest absolute Gasteiger partial charge is 0.492 e. The van der Waals surface area contributed by atoms with Gasteiger partial charge in [0.2, 0.25) is 10.0 Å². The Morgan fingerprint density at radius 1 is 1.15 bits per heavy atom. The lowest BCUT2D eigenvalue weighted by molar-refractivity contribution is 0.271. The molecule has 27 heavy (non-hydrogen) atoms.